The van der Waals surface area contributed by atoms with Gasteiger partial charge in [-0.1, -0.05) is 26.0 Å². The van der Waals surface area contributed by atoms with Crippen LogP contribution in [0.15, 0.2) is 36.5 Å². The molecule has 140 valence electrons. The van der Waals surface area contributed by atoms with Gasteiger partial charge in [0.25, 0.3) is 5.91 Å². The zero-order chi connectivity index (χ0) is 18.7. The predicted octanol–water partition coefficient (Wildman–Crippen LogP) is 2.93. The molecule has 26 heavy (non-hydrogen) atoms. The van der Waals surface area contributed by atoms with Crippen LogP contribution in [0.2, 0.25) is 0 Å². The summed E-state index contributed by atoms with van der Waals surface area (Å²) in [6.45, 7) is 7.50. The molecule has 1 aliphatic heterocycles. The number of carbonyl (C=O) groups excluding carboxylic acids is 1. The van der Waals surface area contributed by atoms with Gasteiger partial charge in [-0.15, -0.1) is 0 Å². The fourth-order valence-corrected chi connectivity index (χ4v) is 3.59. The molecular formula is C20H27FN4O. The Morgan fingerprint density at radius 2 is 1.96 bits per heavy atom. The number of amides is 1. The van der Waals surface area contributed by atoms with Crippen molar-refractivity contribution >= 4 is 5.91 Å². The molecule has 0 spiro atoms. The van der Waals surface area contributed by atoms with Crippen molar-refractivity contribution in [1.29, 1.82) is 0 Å². The first-order chi connectivity index (χ1) is 12.4. The van der Waals surface area contributed by atoms with E-state index in [4.69, 9.17) is 0 Å². The number of rotatable bonds is 4. The first-order valence-corrected chi connectivity index (χ1v) is 9.21. The van der Waals surface area contributed by atoms with Gasteiger partial charge in [-0.3, -0.25) is 14.4 Å². The van der Waals surface area contributed by atoms with E-state index < -0.39 is 0 Å². The van der Waals surface area contributed by atoms with Gasteiger partial charge in [-0.25, -0.2) is 4.39 Å². The minimum atomic E-state index is -0.211. The lowest BCUT2D eigenvalue weighted by atomic mass is 10.0. The second-order valence-electron chi connectivity index (χ2n) is 7.39. The molecule has 1 aliphatic rings. The molecule has 1 aromatic carbocycles. The molecule has 0 radical (unpaired) electrons. The van der Waals surface area contributed by atoms with E-state index in [1.54, 1.807) is 16.9 Å². The fourth-order valence-electron chi connectivity index (χ4n) is 3.59. The van der Waals surface area contributed by atoms with Crippen LogP contribution in [0.25, 0.3) is 0 Å². The summed E-state index contributed by atoms with van der Waals surface area (Å²) in [5.41, 5.74) is 1.60. The monoisotopic (exact) mass is 358 g/mol. The Balaban J connectivity index is 1.74. The Morgan fingerprint density at radius 3 is 2.58 bits per heavy atom. The highest BCUT2D eigenvalue weighted by Gasteiger charge is 2.30. The van der Waals surface area contributed by atoms with E-state index in [1.807, 2.05) is 24.1 Å². The topological polar surface area (TPSA) is 41.4 Å². The van der Waals surface area contributed by atoms with E-state index in [0.29, 0.717) is 18.2 Å². The Bertz CT molecular complexity index is 741. The molecule has 0 saturated carbocycles. The molecule has 3 rings (SSSR count). The molecule has 2 aromatic rings. The fraction of sp³-hybridized carbons (Fsp3) is 0.500. The summed E-state index contributed by atoms with van der Waals surface area (Å²) in [7, 11) is 1.82. The number of hydrogen-bond donors (Lipinski definition) is 0. The van der Waals surface area contributed by atoms with Crippen molar-refractivity contribution in [2.24, 2.45) is 13.0 Å². The second kappa shape index (κ2) is 7.99. The predicted molar refractivity (Wildman–Crippen MR) is 99.2 cm³/mol. The smallest absolute Gasteiger partial charge is 0.274 e. The summed E-state index contributed by atoms with van der Waals surface area (Å²) in [5, 5.41) is 4.26. The maximum atomic E-state index is 13.2. The lowest BCUT2D eigenvalue weighted by molar-refractivity contribution is 0.0696. The van der Waals surface area contributed by atoms with Crippen LogP contribution in [-0.2, 0) is 13.6 Å². The highest BCUT2D eigenvalue weighted by Crippen LogP contribution is 2.21. The van der Waals surface area contributed by atoms with Gasteiger partial charge in [-0.2, -0.15) is 5.10 Å². The SMILES string of the molecule is CC(C)[C@H]1CN(C(=O)c2ccn(C)n2)CCCN1Cc1ccc(F)cc1. The first kappa shape index (κ1) is 18.6. The van der Waals surface area contributed by atoms with Crippen molar-refractivity contribution in [2.75, 3.05) is 19.6 Å². The standard InChI is InChI=1S/C20H27FN4O/c1-15(2)19-14-25(20(26)18-9-12-23(3)22-18)11-4-10-24(19)13-16-5-7-17(21)8-6-16/h5-9,12,15,19H,4,10-11,13-14H2,1-3H3/t19-/m1/s1. The van der Waals surface area contributed by atoms with Gasteiger partial charge < -0.3 is 4.90 Å². The summed E-state index contributed by atoms with van der Waals surface area (Å²) in [4.78, 5) is 17.2. The van der Waals surface area contributed by atoms with Gasteiger partial charge in [-0.05, 0) is 36.1 Å². The van der Waals surface area contributed by atoms with Crippen LogP contribution in [0, 0.1) is 11.7 Å². The Hall–Kier alpha value is -2.21. The molecule has 0 bridgehead atoms. The molecule has 1 saturated heterocycles. The van der Waals surface area contributed by atoms with Crippen molar-refractivity contribution in [1.82, 2.24) is 19.6 Å². The number of aromatic nitrogens is 2. The molecule has 1 atom stereocenters. The number of carbonyl (C=O) groups is 1. The highest BCUT2D eigenvalue weighted by atomic mass is 19.1. The van der Waals surface area contributed by atoms with E-state index in [2.05, 4.69) is 23.8 Å². The third kappa shape index (κ3) is 4.30. The van der Waals surface area contributed by atoms with E-state index in [-0.39, 0.29) is 17.8 Å². The van der Waals surface area contributed by atoms with Crippen molar-refractivity contribution in [2.45, 2.75) is 32.9 Å². The van der Waals surface area contributed by atoms with Gasteiger partial charge in [0.15, 0.2) is 0 Å². The van der Waals surface area contributed by atoms with Crippen LogP contribution < -0.4 is 0 Å². The van der Waals surface area contributed by atoms with E-state index >= 15 is 0 Å². The summed E-state index contributed by atoms with van der Waals surface area (Å²) in [6, 6.07) is 8.73. The number of halogens is 1. The van der Waals surface area contributed by atoms with E-state index in [1.165, 1.54) is 12.1 Å². The van der Waals surface area contributed by atoms with Crippen LogP contribution in [0.4, 0.5) is 4.39 Å². The summed E-state index contributed by atoms with van der Waals surface area (Å²) in [5.74, 6) is 0.199. The third-order valence-electron chi connectivity index (χ3n) is 5.04. The molecule has 1 aromatic heterocycles. The zero-order valence-electron chi connectivity index (χ0n) is 15.7. The minimum absolute atomic E-state index is 0.000109. The molecule has 2 heterocycles. The van der Waals surface area contributed by atoms with E-state index in [9.17, 15) is 9.18 Å². The summed E-state index contributed by atoms with van der Waals surface area (Å²) >= 11 is 0. The molecule has 0 aliphatic carbocycles. The largest absolute Gasteiger partial charge is 0.336 e. The molecule has 1 amide bonds. The minimum Gasteiger partial charge on any atom is -0.336 e. The second-order valence-corrected chi connectivity index (χ2v) is 7.39. The maximum absolute atomic E-state index is 13.2. The molecule has 0 unspecified atom stereocenters. The number of hydrogen-bond acceptors (Lipinski definition) is 3. The summed E-state index contributed by atoms with van der Waals surface area (Å²) < 4.78 is 14.8. The van der Waals surface area contributed by atoms with Gasteiger partial charge >= 0.3 is 0 Å². The molecular weight excluding hydrogens is 331 g/mol. The van der Waals surface area contributed by atoms with Crippen LogP contribution in [0.5, 0.6) is 0 Å². The van der Waals surface area contributed by atoms with Crippen LogP contribution in [-0.4, -0.2) is 51.2 Å². The van der Waals surface area contributed by atoms with Crippen molar-refractivity contribution in [3.05, 3.63) is 53.6 Å². The molecule has 6 heteroatoms. The van der Waals surface area contributed by atoms with Crippen molar-refractivity contribution < 1.29 is 9.18 Å². The average Bonchev–Trinajstić information content (AvgIpc) is 2.93. The number of nitrogens with zero attached hydrogens (tertiary/aromatic N) is 4. The normalized spacial score (nSPS) is 19.0. The highest BCUT2D eigenvalue weighted by molar-refractivity contribution is 5.92. The molecule has 5 nitrogen and oxygen atoms in total. The van der Waals surface area contributed by atoms with Gasteiger partial charge in [0.2, 0.25) is 0 Å². The maximum Gasteiger partial charge on any atom is 0.274 e. The van der Waals surface area contributed by atoms with E-state index in [0.717, 1.165) is 31.6 Å². The lowest BCUT2D eigenvalue weighted by Crippen LogP contribution is -2.45. The van der Waals surface area contributed by atoms with Crippen molar-refractivity contribution in [3.8, 4) is 0 Å². The Labute approximate surface area is 154 Å². The molecule has 0 N–H and O–H groups in total. The first-order valence-electron chi connectivity index (χ1n) is 9.21. The number of benzene rings is 1. The Kier molecular flexibility index (Phi) is 5.71. The quantitative estimate of drug-likeness (QED) is 0.844. The zero-order valence-corrected chi connectivity index (χ0v) is 15.7. The number of aryl methyl sites for hydroxylation is 1. The van der Waals surface area contributed by atoms with Gasteiger partial charge in [0, 0.05) is 45.5 Å². The van der Waals surface area contributed by atoms with Crippen LogP contribution >= 0.6 is 0 Å². The van der Waals surface area contributed by atoms with Crippen molar-refractivity contribution in [3.63, 3.8) is 0 Å². The molecule has 1 fully saturated rings. The van der Waals surface area contributed by atoms with Crippen LogP contribution in [0.3, 0.4) is 0 Å². The lowest BCUT2D eigenvalue weighted by Gasteiger charge is -2.34. The van der Waals surface area contributed by atoms with Crippen LogP contribution in [0.1, 0.15) is 36.3 Å². The Morgan fingerprint density at radius 1 is 1.23 bits per heavy atom. The third-order valence-corrected chi connectivity index (χ3v) is 5.04. The summed E-state index contributed by atoms with van der Waals surface area (Å²) in [6.07, 6.45) is 2.72. The van der Waals surface area contributed by atoms with Gasteiger partial charge in [0.1, 0.15) is 11.5 Å². The average molecular weight is 358 g/mol. The van der Waals surface area contributed by atoms with Gasteiger partial charge in [0.05, 0.1) is 0 Å².